The normalized spacial score (nSPS) is 13.6. The van der Waals surface area contributed by atoms with Crippen molar-refractivity contribution in [2.45, 2.75) is 13.3 Å². The van der Waals surface area contributed by atoms with Crippen LogP contribution in [0.2, 0.25) is 0 Å². The van der Waals surface area contributed by atoms with Gasteiger partial charge in [-0.25, -0.2) is 0 Å². The van der Waals surface area contributed by atoms with E-state index in [0.29, 0.717) is 0 Å². The van der Waals surface area contributed by atoms with Crippen LogP contribution in [0.1, 0.15) is 13.3 Å². The maximum absolute atomic E-state index is 2.40. The van der Waals surface area contributed by atoms with Crippen molar-refractivity contribution in [1.29, 1.82) is 0 Å². The van der Waals surface area contributed by atoms with E-state index in [4.69, 9.17) is 0 Å². The van der Waals surface area contributed by atoms with Gasteiger partial charge in [0, 0.05) is 16.5 Å². The molecule has 0 saturated heterocycles. The van der Waals surface area contributed by atoms with E-state index in [2.05, 4.69) is 206 Å². The molecule has 0 aliphatic heterocycles. The monoisotopic (exact) mass is 675 g/mol. The Hall–Kier alpha value is -6.70. The molecule has 0 spiro atoms. The van der Waals surface area contributed by atoms with Gasteiger partial charge < -0.3 is 4.57 Å². The average Bonchev–Trinajstić information content (AvgIpc) is 3.57. The minimum absolute atomic E-state index is 1.10. The zero-order chi connectivity index (χ0) is 35.3. The quantitative estimate of drug-likeness (QED) is 0.164. The zero-order valence-corrected chi connectivity index (χ0v) is 29.6. The Morgan fingerprint density at radius 2 is 1.04 bits per heavy atom. The minimum Gasteiger partial charge on any atom is -0.309 e. The Morgan fingerprint density at radius 1 is 0.453 bits per heavy atom. The third-order valence-corrected chi connectivity index (χ3v) is 11.0. The first kappa shape index (κ1) is 31.1. The lowest BCUT2D eigenvalue weighted by Crippen LogP contribution is -1.94. The second-order valence-corrected chi connectivity index (χ2v) is 14.0. The molecule has 1 heterocycles. The predicted octanol–water partition coefficient (Wildman–Crippen LogP) is 14.6. The van der Waals surface area contributed by atoms with Crippen molar-refractivity contribution in [2.24, 2.45) is 0 Å². The van der Waals surface area contributed by atoms with Crippen molar-refractivity contribution >= 4 is 64.9 Å². The van der Waals surface area contributed by atoms with Crippen molar-refractivity contribution in [1.82, 2.24) is 4.57 Å². The van der Waals surface area contributed by atoms with Crippen LogP contribution >= 0.6 is 0 Å². The van der Waals surface area contributed by atoms with E-state index < -0.39 is 0 Å². The Balaban J connectivity index is 0.000000390. The van der Waals surface area contributed by atoms with Crippen LogP contribution in [-0.2, 0) is 0 Å². The lowest BCUT2D eigenvalue weighted by Gasteiger charge is -2.17. The van der Waals surface area contributed by atoms with Crippen molar-refractivity contribution in [2.75, 3.05) is 0 Å². The first-order chi connectivity index (χ1) is 26.3. The van der Waals surface area contributed by atoms with Gasteiger partial charge in [0.05, 0.1) is 11.0 Å². The number of benzene rings is 9. The number of para-hydroxylation sites is 2. The molecule has 250 valence electrons. The van der Waals surface area contributed by atoms with Gasteiger partial charge >= 0.3 is 0 Å². The highest BCUT2D eigenvalue weighted by molar-refractivity contribution is 6.28. The third kappa shape index (κ3) is 5.16. The molecule has 0 amide bonds. The second-order valence-electron chi connectivity index (χ2n) is 14.0. The fraction of sp³-hybridized carbons (Fsp3) is 0.0385. The number of fused-ring (bicyclic) bond motifs is 4. The largest absolute Gasteiger partial charge is 0.309 e. The van der Waals surface area contributed by atoms with E-state index in [0.717, 1.165) is 6.42 Å². The van der Waals surface area contributed by atoms with Crippen molar-refractivity contribution in [3.8, 4) is 27.9 Å². The van der Waals surface area contributed by atoms with E-state index in [-0.39, 0.29) is 0 Å². The van der Waals surface area contributed by atoms with Gasteiger partial charge in [0.25, 0.3) is 0 Å². The summed E-state index contributed by atoms with van der Waals surface area (Å²) in [5, 5.41) is 13.0. The van der Waals surface area contributed by atoms with E-state index in [1.54, 1.807) is 0 Å². The molecule has 0 radical (unpaired) electrons. The highest BCUT2D eigenvalue weighted by Crippen LogP contribution is 2.44. The van der Waals surface area contributed by atoms with E-state index in [1.165, 1.54) is 98.4 Å². The SMILES string of the molecule is C/C=C1/C=CC=CC1.c1cc(-c2ccc3ccc4c(-c5cccc6ccccc56)ccc5ccc2c3c54)cc(-n2c3ccccc3c3ccccc32)c1. The molecule has 1 aliphatic rings. The summed E-state index contributed by atoms with van der Waals surface area (Å²) in [4.78, 5) is 0. The van der Waals surface area contributed by atoms with Crippen LogP contribution in [0.3, 0.4) is 0 Å². The summed E-state index contributed by atoms with van der Waals surface area (Å²) >= 11 is 0. The standard InChI is InChI=1S/C44H27N.C8H10/c1-2-13-33-28(9-1)10-8-16-35(33)36-24-20-30-21-25-39-34(23-19-29-22-26-40(36)44(30)43(29)39)31-11-7-12-32(27-31)45-41-17-5-3-14-37(41)38-15-4-6-18-42(38)45;1-2-8-6-4-3-5-7-8/h1-27H;2-6H,7H2,1H3/b;8-2-. The molecular weight excluding hydrogens is 639 g/mol. The second kappa shape index (κ2) is 12.8. The number of nitrogens with zero attached hydrogens (tertiary/aromatic N) is 1. The molecule has 0 fully saturated rings. The maximum Gasteiger partial charge on any atom is 0.0541 e. The Morgan fingerprint density at radius 3 is 1.72 bits per heavy atom. The predicted molar refractivity (Wildman–Crippen MR) is 230 cm³/mol. The molecule has 0 saturated carbocycles. The summed E-state index contributed by atoms with van der Waals surface area (Å²) in [6.45, 7) is 2.07. The maximum atomic E-state index is 2.40. The topological polar surface area (TPSA) is 4.93 Å². The van der Waals surface area contributed by atoms with Crippen LogP contribution in [-0.4, -0.2) is 4.57 Å². The first-order valence-corrected chi connectivity index (χ1v) is 18.5. The van der Waals surface area contributed by atoms with Crippen LogP contribution < -0.4 is 0 Å². The number of rotatable bonds is 3. The van der Waals surface area contributed by atoms with Crippen LogP contribution in [0.25, 0.3) is 92.8 Å². The fourth-order valence-corrected chi connectivity index (χ4v) is 8.51. The number of hydrogen-bond acceptors (Lipinski definition) is 0. The van der Waals surface area contributed by atoms with Crippen LogP contribution in [0.15, 0.2) is 200 Å². The molecule has 0 unspecified atom stereocenters. The summed E-state index contributed by atoms with van der Waals surface area (Å²) in [5.41, 5.74) is 10.1. The van der Waals surface area contributed by atoms with Gasteiger partial charge in [-0.1, -0.05) is 170 Å². The molecule has 53 heavy (non-hydrogen) atoms. The third-order valence-electron chi connectivity index (χ3n) is 11.0. The number of hydrogen-bond donors (Lipinski definition) is 0. The average molecular weight is 676 g/mol. The summed E-state index contributed by atoms with van der Waals surface area (Å²) in [5.74, 6) is 0. The van der Waals surface area contributed by atoms with Gasteiger partial charge in [-0.05, 0) is 109 Å². The Kier molecular flexibility index (Phi) is 7.51. The molecule has 1 nitrogen and oxygen atoms in total. The summed E-state index contributed by atoms with van der Waals surface area (Å²) < 4.78 is 2.40. The summed E-state index contributed by atoms with van der Waals surface area (Å²) in [7, 11) is 0. The van der Waals surface area contributed by atoms with E-state index in [9.17, 15) is 0 Å². The summed E-state index contributed by atoms with van der Waals surface area (Å²) in [6, 6.07) is 60.3. The molecule has 0 N–H and O–H groups in total. The Labute approximate surface area is 309 Å². The van der Waals surface area contributed by atoms with E-state index >= 15 is 0 Å². The van der Waals surface area contributed by atoms with Crippen molar-refractivity contribution < 1.29 is 0 Å². The number of allylic oxidation sites excluding steroid dienone is 6. The molecular formula is C52H37N. The smallest absolute Gasteiger partial charge is 0.0541 e. The van der Waals surface area contributed by atoms with Crippen LogP contribution in [0.5, 0.6) is 0 Å². The summed E-state index contributed by atoms with van der Waals surface area (Å²) in [6.07, 6.45) is 11.7. The highest BCUT2D eigenvalue weighted by atomic mass is 15.0. The molecule has 1 aliphatic carbocycles. The molecule has 1 aromatic heterocycles. The highest BCUT2D eigenvalue weighted by Gasteiger charge is 2.17. The van der Waals surface area contributed by atoms with Gasteiger partial charge in [-0.2, -0.15) is 0 Å². The van der Waals surface area contributed by atoms with Crippen LogP contribution in [0, 0.1) is 0 Å². The minimum atomic E-state index is 1.10. The van der Waals surface area contributed by atoms with Gasteiger partial charge in [0.1, 0.15) is 0 Å². The number of aromatic nitrogens is 1. The van der Waals surface area contributed by atoms with Gasteiger partial charge in [-0.15, -0.1) is 0 Å². The molecule has 9 aromatic carbocycles. The van der Waals surface area contributed by atoms with Gasteiger partial charge in [-0.3, -0.25) is 0 Å². The molecule has 0 bridgehead atoms. The fourth-order valence-electron chi connectivity index (χ4n) is 8.51. The molecule has 1 heteroatoms. The van der Waals surface area contributed by atoms with Crippen molar-refractivity contribution in [3.63, 3.8) is 0 Å². The Bertz CT molecular complexity index is 3030. The molecule has 0 atom stereocenters. The first-order valence-electron chi connectivity index (χ1n) is 18.5. The molecule has 11 rings (SSSR count). The lowest BCUT2D eigenvalue weighted by atomic mass is 9.86. The lowest BCUT2D eigenvalue weighted by molar-refractivity contribution is 1.18. The molecule has 10 aromatic rings. The van der Waals surface area contributed by atoms with Crippen LogP contribution in [0.4, 0.5) is 0 Å². The van der Waals surface area contributed by atoms with Gasteiger partial charge in [0.15, 0.2) is 0 Å². The van der Waals surface area contributed by atoms with Gasteiger partial charge in [0.2, 0.25) is 0 Å². The zero-order valence-electron chi connectivity index (χ0n) is 29.6. The van der Waals surface area contributed by atoms with Crippen molar-refractivity contribution in [3.05, 3.63) is 200 Å². The van der Waals surface area contributed by atoms with E-state index in [1.807, 2.05) is 0 Å².